The minimum Gasteiger partial charge on any atom is -0.447 e. The van der Waals surface area contributed by atoms with Crippen LogP contribution in [0.1, 0.15) is 85.2 Å². The molecule has 4 rings (SSSR count). The molecule has 1 saturated carbocycles. The summed E-state index contributed by atoms with van der Waals surface area (Å²) in [5.74, 6) is -1.56. The number of benzene rings is 1. The van der Waals surface area contributed by atoms with Gasteiger partial charge in [-0.1, -0.05) is 26.0 Å². The Morgan fingerprint density at radius 3 is 2.38 bits per heavy atom. The number of nitrogens with one attached hydrogen (secondary N) is 1. The number of carbonyl (C=O) groups excluding carboxylic acids is 2. The summed E-state index contributed by atoms with van der Waals surface area (Å²) in [7, 11) is -3.42. The van der Waals surface area contributed by atoms with Crippen molar-refractivity contribution in [3.05, 3.63) is 58.9 Å². The highest BCUT2D eigenvalue weighted by Crippen LogP contribution is 2.42. The van der Waals surface area contributed by atoms with Crippen LogP contribution in [0, 0.1) is 11.8 Å². The van der Waals surface area contributed by atoms with Gasteiger partial charge in [0.15, 0.2) is 9.84 Å². The number of halogens is 3. The van der Waals surface area contributed by atoms with Gasteiger partial charge in [-0.2, -0.15) is 13.2 Å². The van der Waals surface area contributed by atoms with Gasteiger partial charge in [0.1, 0.15) is 6.61 Å². The van der Waals surface area contributed by atoms with E-state index in [1.807, 2.05) is 6.92 Å². The molecule has 1 aliphatic carbocycles. The first-order chi connectivity index (χ1) is 19.8. The normalized spacial score (nSPS) is 21.9. The van der Waals surface area contributed by atoms with Gasteiger partial charge in [0.25, 0.3) is 5.91 Å². The van der Waals surface area contributed by atoms with Crippen LogP contribution in [-0.2, 0) is 21.1 Å². The van der Waals surface area contributed by atoms with Crippen molar-refractivity contribution in [2.75, 3.05) is 18.9 Å². The lowest BCUT2D eigenvalue weighted by atomic mass is 9.81. The van der Waals surface area contributed by atoms with E-state index in [-0.39, 0.29) is 42.1 Å². The lowest BCUT2D eigenvalue weighted by Gasteiger charge is -2.33. The Kier molecular flexibility index (Phi) is 9.81. The average Bonchev–Trinajstić information content (AvgIpc) is 3.30. The fourth-order valence-corrected chi connectivity index (χ4v) is 6.81. The van der Waals surface area contributed by atoms with Gasteiger partial charge < -0.3 is 15.8 Å². The molecular weight excluding hydrogens is 573 g/mol. The van der Waals surface area contributed by atoms with Gasteiger partial charge in [-0.3, -0.25) is 14.7 Å². The molecule has 9 nitrogen and oxygen atoms in total. The maximum absolute atomic E-state index is 13.3. The Balaban J connectivity index is 1.45. The van der Waals surface area contributed by atoms with Gasteiger partial charge in [-0.15, -0.1) is 0 Å². The lowest BCUT2D eigenvalue weighted by molar-refractivity contribution is -0.184. The predicted molar refractivity (Wildman–Crippen MR) is 149 cm³/mol. The van der Waals surface area contributed by atoms with Crippen molar-refractivity contribution >= 4 is 21.8 Å². The van der Waals surface area contributed by atoms with Crippen LogP contribution in [0.5, 0.6) is 0 Å². The summed E-state index contributed by atoms with van der Waals surface area (Å²) in [6, 6.07) is 6.95. The molecule has 0 saturated heterocycles. The number of nitrogens with two attached hydrogens (primary N) is 1. The molecule has 1 aromatic carbocycles. The van der Waals surface area contributed by atoms with E-state index in [2.05, 4.69) is 15.2 Å². The Morgan fingerprint density at radius 1 is 1.14 bits per heavy atom. The van der Waals surface area contributed by atoms with E-state index in [0.29, 0.717) is 37.1 Å². The van der Waals surface area contributed by atoms with Crippen LogP contribution in [0.4, 0.5) is 18.0 Å². The number of rotatable bonds is 10. The topological polar surface area (TPSA) is 132 Å². The zero-order valence-corrected chi connectivity index (χ0v) is 24.5. The van der Waals surface area contributed by atoms with Gasteiger partial charge >= 0.3 is 12.3 Å². The molecule has 2 aromatic rings. The number of hydrogen-bond donors (Lipinski definition) is 2. The summed E-state index contributed by atoms with van der Waals surface area (Å²) in [5.41, 5.74) is 7.70. The molecule has 42 heavy (non-hydrogen) atoms. The number of fused-ring (bicyclic) bond motifs is 1. The Hall–Kier alpha value is -3.19. The van der Waals surface area contributed by atoms with Gasteiger partial charge in [-0.25, -0.2) is 13.2 Å². The summed E-state index contributed by atoms with van der Waals surface area (Å²) in [6.45, 7) is 4.54. The molecule has 0 spiro atoms. The standard InChI is InChI=1S/C29H37F3N4O5S/c1-3-25-26-21(16-36(25)15-18-5-9-22(10-6-18)29(30,31)32)13-20(14-34-26)27(37)35-24(17-41-28(33)38)19-7-11-23(12-8-19)42(39,40)4-2/h7-8,11-14,18,22,24-25H,3-6,9-10,15-17H2,1-2H3,(H2,33,38)(H,35,37)/t18?,22?,24?,25-/m0/s1. The number of aromatic nitrogens is 1. The zero-order chi connectivity index (χ0) is 30.7. The van der Waals surface area contributed by atoms with Crippen LogP contribution in [0.15, 0.2) is 41.4 Å². The third kappa shape index (κ3) is 7.41. The van der Waals surface area contributed by atoms with Crippen molar-refractivity contribution in [3.8, 4) is 0 Å². The molecule has 2 aliphatic rings. The minimum absolute atomic E-state index is 0.0204. The van der Waals surface area contributed by atoms with E-state index in [1.165, 1.54) is 18.3 Å². The molecule has 3 N–H and O–H groups in total. The summed E-state index contributed by atoms with van der Waals surface area (Å²) < 4.78 is 68.6. The molecule has 1 aromatic heterocycles. The summed E-state index contributed by atoms with van der Waals surface area (Å²) in [5, 5.41) is 2.82. The molecule has 0 bridgehead atoms. The van der Waals surface area contributed by atoms with Crippen LogP contribution in [-0.4, -0.2) is 55.4 Å². The van der Waals surface area contributed by atoms with Gasteiger partial charge in [0.05, 0.1) is 39.9 Å². The maximum Gasteiger partial charge on any atom is 0.404 e. The van der Waals surface area contributed by atoms with Crippen molar-refractivity contribution in [1.82, 2.24) is 15.2 Å². The van der Waals surface area contributed by atoms with Crippen LogP contribution in [0.3, 0.4) is 0 Å². The smallest absolute Gasteiger partial charge is 0.404 e. The highest BCUT2D eigenvalue weighted by atomic mass is 32.2. The minimum atomic E-state index is -4.13. The molecule has 0 radical (unpaired) electrons. The average molecular weight is 611 g/mol. The van der Waals surface area contributed by atoms with E-state index < -0.39 is 40.0 Å². The van der Waals surface area contributed by atoms with E-state index >= 15 is 0 Å². The monoisotopic (exact) mass is 610 g/mol. The largest absolute Gasteiger partial charge is 0.447 e. The first-order valence-electron chi connectivity index (χ1n) is 14.2. The third-order valence-corrected chi connectivity index (χ3v) is 10.1. The number of sulfone groups is 1. The highest BCUT2D eigenvalue weighted by molar-refractivity contribution is 7.91. The first-order valence-corrected chi connectivity index (χ1v) is 15.8. The fraction of sp³-hybridized carbons (Fsp3) is 0.552. The molecule has 1 aliphatic heterocycles. The number of carbonyl (C=O) groups is 2. The van der Waals surface area contributed by atoms with Crippen molar-refractivity contribution in [2.45, 2.75) is 75.7 Å². The van der Waals surface area contributed by atoms with Gasteiger partial charge in [0, 0.05) is 19.3 Å². The molecule has 230 valence electrons. The highest BCUT2D eigenvalue weighted by Gasteiger charge is 2.42. The summed E-state index contributed by atoms with van der Waals surface area (Å²) >= 11 is 0. The second kappa shape index (κ2) is 13.0. The van der Waals surface area contributed by atoms with Crippen molar-refractivity contribution in [3.63, 3.8) is 0 Å². The quantitative estimate of drug-likeness (QED) is 0.384. The van der Waals surface area contributed by atoms with Crippen molar-refractivity contribution in [1.29, 1.82) is 0 Å². The Bertz CT molecular complexity index is 1380. The number of nitrogens with zero attached hydrogens (tertiary/aromatic N) is 2. The van der Waals surface area contributed by atoms with Crippen LogP contribution >= 0.6 is 0 Å². The van der Waals surface area contributed by atoms with E-state index in [9.17, 15) is 31.2 Å². The van der Waals surface area contributed by atoms with E-state index in [4.69, 9.17) is 10.5 Å². The second-order valence-corrected chi connectivity index (χ2v) is 13.3. The van der Waals surface area contributed by atoms with Crippen molar-refractivity contribution in [2.24, 2.45) is 17.6 Å². The van der Waals surface area contributed by atoms with Gasteiger partial charge in [-0.05, 0) is 67.3 Å². The van der Waals surface area contributed by atoms with E-state index in [1.54, 1.807) is 25.1 Å². The molecule has 1 unspecified atom stereocenters. The number of hydrogen-bond acceptors (Lipinski definition) is 7. The first kappa shape index (κ1) is 31.7. The summed E-state index contributed by atoms with van der Waals surface area (Å²) in [6.07, 6.45) is -1.50. The van der Waals surface area contributed by atoms with Crippen LogP contribution < -0.4 is 11.1 Å². The zero-order valence-electron chi connectivity index (χ0n) is 23.7. The Labute approximate surface area is 243 Å². The summed E-state index contributed by atoms with van der Waals surface area (Å²) in [4.78, 5) is 31.5. The van der Waals surface area contributed by atoms with Crippen molar-refractivity contribution < 1.29 is 35.9 Å². The fourth-order valence-electron chi connectivity index (χ4n) is 5.92. The molecule has 2 atom stereocenters. The van der Waals surface area contributed by atoms with Crippen LogP contribution in [0.25, 0.3) is 0 Å². The second-order valence-electron chi connectivity index (χ2n) is 11.0. The Morgan fingerprint density at radius 2 is 1.81 bits per heavy atom. The molecule has 1 fully saturated rings. The number of pyridine rings is 1. The van der Waals surface area contributed by atoms with Crippen LogP contribution in [0.2, 0.25) is 0 Å². The number of primary amides is 1. The third-order valence-electron chi connectivity index (χ3n) is 8.30. The van der Waals surface area contributed by atoms with E-state index in [0.717, 1.165) is 17.7 Å². The molecular formula is C29H37F3N4O5S. The number of ether oxygens (including phenoxy) is 1. The maximum atomic E-state index is 13.3. The lowest BCUT2D eigenvalue weighted by Crippen LogP contribution is -2.33. The number of alkyl halides is 3. The molecule has 2 amide bonds. The number of amides is 2. The van der Waals surface area contributed by atoms with Gasteiger partial charge in [0.2, 0.25) is 0 Å². The predicted octanol–water partition coefficient (Wildman–Crippen LogP) is 5.08. The molecule has 2 heterocycles. The molecule has 13 heteroatoms. The SMILES string of the molecule is CC[C@H]1c2ncc(C(=O)NC(COC(N)=O)c3ccc(S(=O)(=O)CC)cc3)cc2CN1CC1CCC(C(F)(F)F)CC1.